The van der Waals surface area contributed by atoms with Crippen molar-refractivity contribution >= 4 is 0 Å². The van der Waals surface area contributed by atoms with E-state index in [0.717, 1.165) is 58.0 Å². The average molecular weight is 711 g/mol. The molecule has 12 heteroatoms. The van der Waals surface area contributed by atoms with Gasteiger partial charge < -0.3 is 59.1 Å². The first kappa shape index (κ1) is 36.5. The van der Waals surface area contributed by atoms with E-state index in [0.29, 0.717) is 41.9 Å². The Kier molecular flexibility index (Phi) is 9.55. The van der Waals surface area contributed by atoms with Crippen LogP contribution in [0.4, 0.5) is 0 Å². The molecule has 8 fully saturated rings. The molecule has 4 saturated carbocycles. The Bertz CT molecular complexity index is 1230. The maximum Gasteiger partial charge on any atom is 0.186 e. The predicted molar refractivity (Wildman–Crippen MR) is 177 cm³/mol. The molecule has 0 aromatic carbocycles. The van der Waals surface area contributed by atoms with Gasteiger partial charge in [0.2, 0.25) is 0 Å². The molecule has 8 aliphatic rings. The summed E-state index contributed by atoms with van der Waals surface area (Å²) in [5.74, 6) is 2.24. The largest absolute Gasteiger partial charge is 0.393 e. The van der Waals surface area contributed by atoms with Crippen molar-refractivity contribution < 1.29 is 59.1 Å². The zero-order chi connectivity index (χ0) is 35.5. The van der Waals surface area contributed by atoms with Crippen molar-refractivity contribution in [2.24, 2.45) is 52.3 Å². The molecule has 1 unspecified atom stereocenters. The third-order valence-corrected chi connectivity index (χ3v) is 15.7. The number of ether oxygens (including phenoxy) is 6. The van der Waals surface area contributed by atoms with Crippen LogP contribution < -0.4 is 0 Å². The van der Waals surface area contributed by atoms with E-state index in [1.54, 1.807) is 6.92 Å². The van der Waals surface area contributed by atoms with Crippen molar-refractivity contribution in [1.29, 1.82) is 0 Å². The van der Waals surface area contributed by atoms with E-state index < -0.39 is 67.2 Å². The molecule has 4 aliphatic carbocycles. The van der Waals surface area contributed by atoms with Gasteiger partial charge in [-0.05, 0) is 105 Å². The Hall–Kier alpha value is -0.480. The van der Waals surface area contributed by atoms with Gasteiger partial charge in [-0.1, -0.05) is 27.7 Å². The molecular formula is C38H62O12. The van der Waals surface area contributed by atoms with Crippen molar-refractivity contribution in [2.75, 3.05) is 13.2 Å². The molecule has 0 aromatic heterocycles. The zero-order valence-electron chi connectivity index (χ0n) is 30.4. The van der Waals surface area contributed by atoms with Crippen molar-refractivity contribution in [3.8, 4) is 0 Å². The highest BCUT2D eigenvalue weighted by Gasteiger charge is 2.70. The summed E-state index contributed by atoms with van der Waals surface area (Å²) in [5.41, 5.74) is 0.0559. The summed E-state index contributed by atoms with van der Waals surface area (Å²) in [6.45, 7) is 11.7. The maximum absolute atomic E-state index is 11.6. The van der Waals surface area contributed by atoms with Gasteiger partial charge in [-0.25, -0.2) is 0 Å². The normalized spacial score (nSPS) is 60.9. The van der Waals surface area contributed by atoms with Crippen LogP contribution >= 0.6 is 0 Å². The SMILES string of the molecule is C[C@H]1CC[C@@]2(OC1)O[C@H]1C[C@H]3C4C[C@H](O[C@@H]5O[C@H](C)[C@@H](O)[C@H](O[C@@H]6OC[C@@H](O)[C@H](O)[C@H]6O)[C@H]5O)[C@H]5C[C@@H](O)CC[C@]5(C)[C@H]4CC[C@]3(C)[C@H]1[C@@H]2C. The van der Waals surface area contributed by atoms with Crippen molar-refractivity contribution in [2.45, 2.75) is 172 Å². The van der Waals surface area contributed by atoms with Crippen LogP contribution in [0, 0.1) is 52.3 Å². The maximum atomic E-state index is 11.6. The fraction of sp³-hybridized carbons (Fsp3) is 1.00. The van der Waals surface area contributed by atoms with Gasteiger partial charge in [0.05, 0.1) is 37.6 Å². The van der Waals surface area contributed by atoms with E-state index in [1.807, 2.05) is 0 Å². The Balaban J connectivity index is 1.04. The molecule has 12 nitrogen and oxygen atoms in total. The Morgan fingerprint density at radius 3 is 2.18 bits per heavy atom. The van der Waals surface area contributed by atoms with Crippen LogP contribution in [-0.4, -0.2) is 123 Å². The predicted octanol–water partition coefficient (Wildman–Crippen LogP) is 2.08. The molecule has 50 heavy (non-hydrogen) atoms. The zero-order valence-corrected chi connectivity index (χ0v) is 30.4. The van der Waals surface area contributed by atoms with E-state index >= 15 is 0 Å². The fourth-order valence-electron chi connectivity index (χ4n) is 12.9. The van der Waals surface area contributed by atoms with Gasteiger partial charge in [0.1, 0.15) is 36.6 Å². The van der Waals surface area contributed by atoms with Crippen LogP contribution in [0.3, 0.4) is 0 Å². The van der Waals surface area contributed by atoms with Gasteiger partial charge in [0.15, 0.2) is 18.4 Å². The minimum atomic E-state index is -1.57. The molecule has 22 atom stereocenters. The van der Waals surface area contributed by atoms with Crippen LogP contribution in [0.1, 0.15) is 92.4 Å². The van der Waals surface area contributed by atoms with Crippen LogP contribution in [0.5, 0.6) is 0 Å². The molecule has 1 spiro atoms. The van der Waals surface area contributed by atoms with Crippen molar-refractivity contribution in [3.63, 3.8) is 0 Å². The van der Waals surface area contributed by atoms with Gasteiger partial charge in [-0.15, -0.1) is 0 Å². The number of aliphatic hydroxyl groups is 6. The van der Waals surface area contributed by atoms with Gasteiger partial charge in [-0.3, -0.25) is 0 Å². The first-order valence-electron chi connectivity index (χ1n) is 19.6. The summed E-state index contributed by atoms with van der Waals surface area (Å²) in [6.07, 6.45) is -3.60. The minimum Gasteiger partial charge on any atom is -0.393 e. The minimum absolute atomic E-state index is 0.0557. The second-order valence-corrected chi connectivity index (χ2v) is 18.4. The van der Waals surface area contributed by atoms with Gasteiger partial charge in [0, 0.05) is 12.3 Å². The third-order valence-electron chi connectivity index (χ3n) is 15.7. The Morgan fingerprint density at radius 2 is 1.44 bits per heavy atom. The van der Waals surface area contributed by atoms with Crippen LogP contribution in [0.25, 0.3) is 0 Å². The first-order valence-corrected chi connectivity index (χ1v) is 19.6. The van der Waals surface area contributed by atoms with Crippen LogP contribution in [0.15, 0.2) is 0 Å². The topological polar surface area (TPSA) is 177 Å². The molecule has 286 valence electrons. The van der Waals surface area contributed by atoms with Crippen LogP contribution in [0.2, 0.25) is 0 Å². The van der Waals surface area contributed by atoms with E-state index in [1.165, 1.54) is 0 Å². The lowest BCUT2D eigenvalue weighted by atomic mass is 9.43. The molecule has 8 rings (SSSR count). The molecule has 6 N–H and O–H groups in total. The number of hydrogen-bond donors (Lipinski definition) is 6. The van der Waals surface area contributed by atoms with Gasteiger partial charge in [-0.2, -0.15) is 0 Å². The van der Waals surface area contributed by atoms with Crippen molar-refractivity contribution in [1.82, 2.24) is 0 Å². The quantitative estimate of drug-likeness (QED) is 0.235. The highest BCUT2D eigenvalue weighted by Crippen LogP contribution is 2.71. The Labute approximate surface area is 296 Å². The van der Waals surface area contributed by atoms with E-state index in [4.69, 9.17) is 28.4 Å². The smallest absolute Gasteiger partial charge is 0.186 e. The molecule has 0 aromatic rings. The van der Waals surface area contributed by atoms with Gasteiger partial charge in [0.25, 0.3) is 0 Å². The first-order chi connectivity index (χ1) is 23.7. The lowest BCUT2D eigenvalue weighted by Crippen LogP contribution is -2.64. The molecular weight excluding hydrogens is 648 g/mol. The van der Waals surface area contributed by atoms with Crippen LogP contribution in [-0.2, 0) is 28.4 Å². The second-order valence-electron chi connectivity index (χ2n) is 18.4. The van der Waals surface area contributed by atoms with E-state index in [2.05, 4.69) is 27.7 Å². The summed E-state index contributed by atoms with van der Waals surface area (Å²) >= 11 is 0. The third kappa shape index (κ3) is 5.60. The number of rotatable bonds is 4. The van der Waals surface area contributed by atoms with Gasteiger partial charge >= 0.3 is 0 Å². The number of hydrogen-bond acceptors (Lipinski definition) is 12. The lowest BCUT2D eigenvalue weighted by Gasteiger charge is -2.63. The molecule has 0 bridgehead atoms. The molecule has 0 amide bonds. The highest BCUT2D eigenvalue weighted by atomic mass is 16.7. The fourth-order valence-corrected chi connectivity index (χ4v) is 12.9. The summed E-state index contributed by atoms with van der Waals surface area (Å²) in [6, 6.07) is 0. The number of aliphatic hydroxyl groups excluding tert-OH is 6. The summed E-state index contributed by atoms with van der Waals surface area (Å²) < 4.78 is 37.9. The average Bonchev–Trinajstić information content (AvgIpc) is 3.53. The summed E-state index contributed by atoms with van der Waals surface area (Å²) in [4.78, 5) is 0. The highest BCUT2D eigenvalue weighted by molar-refractivity contribution is 5.16. The molecule has 0 radical (unpaired) electrons. The molecule has 4 saturated heterocycles. The summed E-state index contributed by atoms with van der Waals surface area (Å²) in [7, 11) is 0. The summed E-state index contributed by atoms with van der Waals surface area (Å²) in [5, 5.41) is 64.3. The second kappa shape index (κ2) is 13.1. The molecule has 4 aliphatic heterocycles. The standard InChI is InChI=1S/C38H62O12/c1-17-6-11-38(46-15-17)18(2)28-27(50-38)14-23-21-13-26(24-12-20(39)7-9-36(24,4)22(21)8-10-37(23,28)5)48-35-32(44)33(29(41)19(3)47-35)49-34-31(43)30(42)25(40)16-45-34/h17-35,39-44H,6-16H2,1-5H3/t17-,18-,19+,20-,21?,22-,23-,24+,25+,26-,27-,28-,29+,30-,31+,32+,33-,34-,35-,36+,37-,38+/m0/s1. The lowest BCUT2D eigenvalue weighted by molar-refractivity contribution is -0.357. The molecule has 4 heterocycles. The monoisotopic (exact) mass is 710 g/mol. The van der Waals surface area contributed by atoms with E-state index in [9.17, 15) is 30.6 Å². The van der Waals surface area contributed by atoms with Crippen molar-refractivity contribution in [3.05, 3.63) is 0 Å². The Morgan fingerprint density at radius 1 is 0.680 bits per heavy atom. The van der Waals surface area contributed by atoms with E-state index in [-0.39, 0.29) is 35.6 Å². The number of fused-ring (bicyclic) bond motifs is 7.